The van der Waals surface area contributed by atoms with Gasteiger partial charge in [0.1, 0.15) is 5.69 Å². The van der Waals surface area contributed by atoms with E-state index in [0.717, 1.165) is 29.2 Å². The number of hydrogen-bond donors (Lipinski definition) is 0. The summed E-state index contributed by atoms with van der Waals surface area (Å²) in [6.45, 7) is 3.98. The highest BCUT2D eigenvalue weighted by atomic mass is 15.4. The molecule has 0 spiro atoms. The van der Waals surface area contributed by atoms with Gasteiger partial charge >= 0.3 is 0 Å². The van der Waals surface area contributed by atoms with Crippen LogP contribution in [0.3, 0.4) is 0 Å². The molecule has 0 radical (unpaired) electrons. The fourth-order valence-corrected chi connectivity index (χ4v) is 3.64. The first-order valence-corrected chi connectivity index (χ1v) is 8.75. The van der Waals surface area contributed by atoms with E-state index >= 15 is 0 Å². The molecule has 1 saturated carbocycles. The Morgan fingerprint density at radius 2 is 1.96 bits per heavy atom. The molecule has 7 heteroatoms. The van der Waals surface area contributed by atoms with Crippen molar-refractivity contribution >= 4 is 5.78 Å². The molecule has 130 valence electrons. The first-order chi connectivity index (χ1) is 12.6. The van der Waals surface area contributed by atoms with Crippen molar-refractivity contribution in [3.63, 3.8) is 0 Å². The molecule has 1 aliphatic rings. The lowest BCUT2D eigenvalue weighted by molar-refractivity contribution is 0.742. The Balaban J connectivity index is 1.49. The van der Waals surface area contributed by atoms with Crippen molar-refractivity contribution in [1.29, 1.82) is 0 Å². The highest BCUT2D eigenvalue weighted by Gasteiger charge is 2.41. The Kier molecular flexibility index (Phi) is 3.19. The summed E-state index contributed by atoms with van der Waals surface area (Å²) in [6.07, 6.45) is 4.88. The van der Waals surface area contributed by atoms with E-state index in [1.54, 1.807) is 4.52 Å². The lowest BCUT2D eigenvalue weighted by Gasteiger charge is -1.97. The summed E-state index contributed by atoms with van der Waals surface area (Å²) in [6, 6.07) is 8.25. The molecule has 7 nitrogen and oxygen atoms in total. The molecular formula is C19H19N7. The number of hydrogen-bond acceptors (Lipinski definition) is 5. The van der Waals surface area contributed by atoms with Crippen LogP contribution >= 0.6 is 0 Å². The van der Waals surface area contributed by atoms with Crippen LogP contribution in [-0.2, 0) is 7.05 Å². The number of pyridine rings is 1. The Morgan fingerprint density at radius 3 is 2.77 bits per heavy atom. The van der Waals surface area contributed by atoms with Crippen LogP contribution in [0.1, 0.15) is 40.9 Å². The van der Waals surface area contributed by atoms with Crippen LogP contribution < -0.4 is 0 Å². The van der Waals surface area contributed by atoms with E-state index in [4.69, 9.17) is 5.10 Å². The molecule has 5 rings (SSSR count). The van der Waals surface area contributed by atoms with Crippen molar-refractivity contribution in [3.05, 3.63) is 59.3 Å². The molecule has 1 fully saturated rings. The third kappa shape index (κ3) is 2.39. The van der Waals surface area contributed by atoms with Gasteiger partial charge < -0.3 is 0 Å². The molecule has 0 aliphatic heterocycles. The molecule has 0 amide bonds. The van der Waals surface area contributed by atoms with E-state index in [1.807, 2.05) is 50.1 Å². The first-order valence-electron chi connectivity index (χ1n) is 8.75. The molecule has 0 aromatic carbocycles. The van der Waals surface area contributed by atoms with Gasteiger partial charge in [-0.3, -0.25) is 9.67 Å². The van der Waals surface area contributed by atoms with Gasteiger partial charge in [0, 0.05) is 36.7 Å². The van der Waals surface area contributed by atoms with E-state index in [0.29, 0.717) is 23.4 Å². The summed E-state index contributed by atoms with van der Waals surface area (Å²) < 4.78 is 3.65. The second-order valence-corrected chi connectivity index (χ2v) is 7.00. The minimum atomic E-state index is 0.443. The predicted octanol–water partition coefficient (Wildman–Crippen LogP) is 2.81. The first kappa shape index (κ1) is 15.2. The number of aromatic nitrogens is 7. The number of aryl methyl sites for hydroxylation is 3. The van der Waals surface area contributed by atoms with Crippen LogP contribution in [-0.4, -0.2) is 34.3 Å². The van der Waals surface area contributed by atoms with Gasteiger partial charge in [-0.15, -0.1) is 5.10 Å². The largest absolute Gasteiger partial charge is 0.264 e. The van der Waals surface area contributed by atoms with Crippen LogP contribution in [0.5, 0.6) is 0 Å². The van der Waals surface area contributed by atoms with Gasteiger partial charge in [-0.25, -0.2) is 9.50 Å². The zero-order chi connectivity index (χ0) is 17.8. The molecule has 4 aromatic heterocycles. The predicted molar refractivity (Wildman–Crippen MR) is 96.8 cm³/mol. The number of fused-ring (bicyclic) bond motifs is 1. The minimum absolute atomic E-state index is 0.443. The summed E-state index contributed by atoms with van der Waals surface area (Å²) in [5.74, 6) is 2.23. The zero-order valence-corrected chi connectivity index (χ0v) is 15.0. The topological polar surface area (TPSA) is 73.8 Å². The third-order valence-electron chi connectivity index (χ3n) is 5.03. The average Bonchev–Trinajstić information content (AvgIpc) is 3.16. The van der Waals surface area contributed by atoms with Crippen molar-refractivity contribution in [2.24, 2.45) is 7.05 Å². The van der Waals surface area contributed by atoms with E-state index < -0.39 is 0 Å². The minimum Gasteiger partial charge on any atom is -0.264 e. The van der Waals surface area contributed by atoms with Crippen molar-refractivity contribution in [1.82, 2.24) is 34.3 Å². The standard InChI is InChI=1S/C19H19N7/c1-11-7-12(2)26-19(21-11)22-18(24-26)17-9-16(23-25(17)3)15-8-14(15)13-5-4-6-20-10-13/h4-7,9-10,14-15H,8H2,1-3H3. The van der Waals surface area contributed by atoms with E-state index in [1.165, 1.54) is 5.56 Å². The maximum atomic E-state index is 4.72. The molecule has 26 heavy (non-hydrogen) atoms. The molecule has 0 bridgehead atoms. The van der Waals surface area contributed by atoms with E-state index in [9.17, 15) is 0 Å². The number of rotatable bonds is 3. The van der Waals surface area contributed by atoms with Gasteiger partial charge in [0.25, 0.3) is 5.78 Å². The maximum absolute atomic E-state index is 4.72. The highest BCUT2D eigenvalue weighted by molar-refractivity contribution is 5.54. The van der Waals surface area contributed by atoms with Crippen LogP contribution in [0.2, 0.25) is 0 Å². The van der Waals surface area contributed by atoms with Gasteiger partial charge in [-0.05, 0) is 49.9 Å². The van der Waals surface area contributed by atoms with Gasteiger partial charge in [0.2, 0.25) is 5.82 Å². The van der Waals surface area contributed by atoms with Gasteiger partial charge in [0.05, 0.1) is 5.69 Å². The van der Waals surface area contributed by atoms with Crippen molar-refractivity contribution in [3.8, 4) is 11.5 Å². The molecule has 0 N–H and O–H groups in total. The fraction of sp³-hybridized carbons (Fsp3) is 0.316. The van der Waals surface area contributed by atoms with Crippen molar-refractivity contribution < 1.29 is 0 Å². The van der Waals surface area contributed by atoms with Crippen LogP contribution in [0.15, 0.2) is 36.7 Å². The fourth-order valence-electron chi connectivity index (χ4n) is 3.64. The van der Waals surface area contributed by atoms with E-state index in [2.05, 4.69) is 32.2 Å². The summed E-state index contributed by atoms with van der Waals surface area (Å²) in [5.41, 5.74) is 5.26. The Bertz CT molecular complexity index is 1110. The SMILES string of the molecule is Cc1cc(C)n2nc(-c3cc(C4CC4c4cccnc4)nn3C)nc2n1. The van der Waals surface area contributed by atoms with Crippen molar-refractivity contribution in [2.75, 3.05) is 0 Å². The van der Waals surface area contributed by atoms with Gasteiger partial charge in [0.15, 0.2) is 0 Å². The summed E-state index contributed by atoms with van der Waals surface area (Å²) in [4.78, 5) is 13.3. The molecule has 1 aliphatic carbocycles. The molecule has 2 unspecified atom stereocenters. The highest BCUT2D eigenvalue weighted by Crippen LogP contribution is 2.54. The zero-order valence-electron chi connectivity index (χ0n) is 15.0. The van der Waals surface area contributed by atoms with Crippen LogP contribution in [0.25, 0.3) is 17.3 Å². The van der Waals surface area contributed by atoms with E-state index in [-0.39, 0.29) is 0 Å². The second-order valence-electron chi connectivity index (χ2n) is 7.00. The molecule has 2 atom stereocenters. The third-order valence-corrected chi connectivity index (χ3v) is 5.03. The smallest absolute Gasteiger partial charge is 0.253 e. The second kappa shape index (κ2) is 5.45. The Labute approximate surface area is 150 Å². The summed E-state index contributed by atoms with van der Waals surface area (Å²) >= 11 is 0. The summed E-state index contributed by atoms with van der Waals surface area (Å²) in [7, 11) is 1.94. The van der Waals surface area contributed by atoms with Gasteiger partial charge in [-0.2, -0.15) is 10.1 Å². The lowest BCUT2D eigenvalue weighted by atomic mass is 10.1. The normalized spacial score (nSPS) is 19.2. The average molecular weight is 345 g/mol. The van der Waals surface area contributed by atoms with Crippen LogP contribution in [0, 0.1) is 13.8 Å². The lowest BCUT2D eigenvalue weighted by Crippen LogP contribution is -1.98. The quantitative estimate of drug-likeness (QED) is 0.571. The van der Waals surface area contributed by atoms with Gasteiger partial charge in [-0.1, -0.05) is 6.07 Å². The molecule has 4 aromatic rings. The number of nitrogens with zero attached hydrogens (tertiary/aromatic N) is 7. The van der Waals surface area contributed by atoms with Crippen LogP contribution in [0.4, 0.5) is 0 Å². The molecule has 4 heterocycles. The van der Waals surface area contributed by atoms with Crippen molar-refractivity contribution in [2.45, 2.75) is 32.1 Å². The molecule has 0 saturated heterocycles. The Hall–Kier alpha value is -3.09. The maximum Gasteiger partial charge on any atom is 0.253 e. The Morgan fingerprint density at radius 1 is 1.08 bits per heavy atom. The monoisotopic (exact) mass is 345 g/mol. The summed E-state index contributed by atoms with van der Waals surface area (Å²) in [5, 5.41) is 9.35. The molecular weight excluding hydrogens is 326 g/mol.